The van der Waals surface area contributed by atoms with Crippen molar-refractivity contribution in [3.8, 4) is 0 Å². The summed E-state index contributed by atoms with van der Waals surface area (Å²) in [6.07, 6.45) is 13.5. The van der Waals surface area contributed by atoms with Gasteiger partial charge in [-0.05, 0) is 55.9 Å². The van der Waals surface area contributed by atoms with Crippen molar-refractivity contribution in [2.45, 2.75) is 64.0 Å². The van der Waals surface area contributed by atoms with Gasteiger partial charge in [0.15, 0.2) is 0 Å². The molecule has 3 nitrogen and oxygen atoms in total. The van der Waals surface area contributed by atoms with Crippen LogP contribution in [0.3, 0.4) is 0 Å². The van der Waals surface area contributed by atoms with Crippen LogP contribution in [0.4, 0.5) is 0 Å². The molecular formula is C16H25N3. The van der Waals surface area contributed by atoms with Crippen molar-refractivity contribution >= 4 is 0 Å². The van der Waals surface area contributed by atoms with Gasteiger partial charge in [0, 0.05) is 19.3 Å². The van der Waals surface area contributed by atoms with E-state index in [9.17, 15) is 0 Å². The molecule has 3 heteroatoms. The third-order valence-electron chi connectivity index (χ3n) is 5.48. The molecule has 3 aliphatic carbocycles. The summed E-state index contributed by atoms with van der Waals surface area (Å²) in [5.41, 5.74) is 1.92. The van der Waals surface area contributed by atoms with Crippen LogP contribution >= 0.6 is 0 Å². The average Bonchev–Trinajstić information content (AvgIpc) is 3.29. The van der Waals surface area contributed by atoms with Crippen LogP contribution < -0.4 is 5.32 Å². The van der Waals surface area contributed by atoms with Crippen LogP contribution in [-0.2, 0) is 6.54 Å². The van der Waals surface area contributed by atoms with Gasteiger partial charge in [0.2, 0.25) is 0 Å². The number of nitrogens with zero attached hydrogens (tertiary/aromatic N) is 2. The van der Waals surface area contributed by atoms with Crippen LogP contribution in [0, 0.1) is 11.3 Å². The summed E-state index contributed by atoms with van der Waals surface area (Å²) < 4.78 is 2.21. The fourth-order valence-electron chi connectivity index (χ4n) is 3.87. The summed E-state index contributed by atoms with van der Waals surface area (Å²) >= 11 is 0. The van der Waals surface area contributed by atoms with Crippen molar-refractivity contribution in [2.24, 2.45) is 11.3 Å². The van der Waals surface area contributed by atoms with Gasteiger partial charge in [-0.25, -0.2) is 0 Å². The Kier molecular flexibility index (Phi) is 2.91. The highest BCUT2D eigenvalue weighted by atomic mass is 15.3. The SMILES string of the molecule is c1cn(C2CCCC2)nc1CNCC1(C2CC2)CC1. The zero-order valence-electron chi connectivity index (χ0n) is 11.8. The van der Waals surface area contributed by atoms with Gasteiger partial charge in [-0.2, -0.15) is 5.10 Å². The van der Waals surface area contributed by atoms with E-state index in [0.717, 1.165) is 12.5 Å². The van der Waals surface area contributed by atoms with Gasteiger partial charge in [0.1, 0.15) is 0 Å². The Bertz CT molecular complexity index is 437. The maximum atomic E-state index is 4.75. The molecule has 0 unspecified atom stereocenters. The summed E-state index contributed by atoms with van der Waals surface area (Å²) in [5.74, 6) is 1.05. The Hall–Kier alpha value is -0.830. The molecule has 1 N–H and O–H groups in total. The third-order valence-corrected chi connectivity index (χ3v) is 5.48. The van der Waals surface area contributed by atoms with E-state index in [4.69, 9.17) is 5.10 Å². The first kappa shape index (κ1) is 12.0. The predicted octanol–water partition coefficient (Wildman–Crippen LogP) is 3.28. The molecule has 0 bridgehead atoms. The van der Waals surface area contributed by atoms with Crippen molar-refractivity contribution in [2.75, 3.05) is 6.54 Å². The number of rotatable bonds is 6. The maximum Gasteiger partial charge on any atom is 0.0762 e. The van der Waals surface area contributed by atoms with Crippen LogP contribution in [0.1, 0.15) is 63.1 Å². The fourth-order valence-corrected chi connectivity index (χ4v) is 3.87. The van der Waals surface area contributed by atoms with Crippen LogP contribution in [-0.4, -0.2) is 16.3 Å². The second-order valence-electron chi connectivity index (χ2n) is 6.97. The standard InChI is InChI=1S/C16H25N3/c1-2-4-15(3-1)19-10-7-14(18-19)11-17-12-16(8-9-16)13-5-6-13/h7,10,13,15,17H,1-6,8-9,11-12H2. The topological polar surface area (TPSA) is 29.9 Å². The molecule has 4 rings (SSSR count). The molecule has 1 aromatic rings. The molecule has 0 aliphatic heterocycles. The lowest BCUT2D eigenvalue weighted by Gasteiger charge is -2.14. The molecule has 0 amide bonds. The molecule has 0 spiro atoms. The van der Waals surface area contributed by atoms with Crippen molar-refractivity contribution in [3.63, 3.8) is 0 Å². The normalized spacial score (nSPS) is 25.9. The average molecular weight is 259 g/mol. The van der Waals surface area contributed by atoms with E-state index in [2.05, 4.69) is 22.3 Å². The maximum absolute atomic E-state index is 4.75. The Morgan fingerprint density at radius 2 is 2.00 bits per heavy atom. The Morgan fingerprint density at radius 1 is 1.21 bits per heavy atom. The molecule has 3 fully saturated rings. The molecule has 3 aliphatic rings. The first-order chi connectivity index (χ1) is 9.36. The molecule has 19 heavy (non-hydrogen) atoms. The Balaban J connectivity index is 1.28. The minimum atomic E-state index is 0.676. The number of hydrogen-bond acceptors (Lipinski definition) is 2. The monoisotopic (exact) mass is 259 g/mol. The fraction of sp³-hybridized carbons (Fsp3) is 0.812. The van der Waals surface area contributed by atoms with E-state index < -0.39 is 0 Å². The molecule has 0 aromatic carbocycles. The van der Waals surface area contributed by atoms with Gasteiger partial charge < -0.3 is 5.32 Å². The summed E-state index contributed by atoms with van der Waals surface area (Å²) in [7, 11) is 0. The molecule has 0 atom stereocenters. The summed E-state index contributed by atoms with van der Waals surface area (Å²) in [6.45, 7) is 2.17. The van der Waals surface area contributed by atoms with Crippen molar-refractivity contribution in [3.05, 3.63) is 18.0 Å². The van der Waals surface area contributed by atoms with Gasteiger partial charge in [-0.15, -0.1) is 0 Å². The number of aromatic nitrogens is 2. The number of nitrogens with one attached hydrogen (secondary N) is 1. The van der Waals surface area contributed by atoms with Gasteiger partial charge in [-0.3, -0.25) is 4.68 Å². The van der Waals surface area contributed by atoms with E-state index in [0.29, 0.717) is 11.5 Å². The molecule has 1 heterocycles. The molecular weight excluding hydrogens is 234 g/mol. The minimum absolute atomic E-state index is 0.676. The van der Waals surface area contributed by atoms with E-state index in [1.54, 1.807) is 0 Å². The Morgan fingerprint density at radius 3 is 2.68 bits per heavy atom. The number of hydrogen-bond donors (Lipinski definition) is 1. The quantitative estimate of drug-likeness (QED) is 0.849. The molecule has 1 aromatic heterocycles. The largest absolute Gasteiger partial charge is 0.311 e. The molecule has 0 radical (unpaired) electrons. The molecule has 104 valence electrons. The summed E-state index contributed by atoms with van der Waals surface area (Å²) in [5, 5.41) is 8.40. The summed E-state index contributed by atoms with van der Waals surface area (Å²) in [4.78, 5) is 0. The van der Waals surface area contributed by atoms with Gasteiger partial charge >= 0.3 is 0 Å². The van der Waals surface area contributed by atoms with Crippen LogP contribution in [0.2, 0.25) is 0 Å². The van der Waals surface area contributed by atoms with E-state index in [1.807, 2.05) is 0 Å². The van der Waals surface area contributed by atoms with Gasteiger partial charge in [0.05, 0.1) is 11.7 Å². The minimum Gasteiger partial charge on any atom is -0.311 e. The zero-order valence-corrected chi connectivity index (χ0v) is 11.8. The second-order valence-corrected chi connectivity index (χ2v) is 6.97. The lowest BCUT2D eigenvalue weighted by atomic mass is 10.0. The van der Waals surface area contributed by atoms with Crippen LogP contribution in [0.15, 0.2) is 12.3 Å². The highest BCUT2D eigenvalue weighted by Crippen LogP contribution is 2.60. The second kappa shape index (κ2) is 4.62. The van der Waals surface area contributed by atoms with E-state index >= 15 is 0 Å². The summed E-state index contributed by atoms with van der Waals surface area (Å²) in [6, 6.07) is 2.87. The van der Waals surface area contributed by atoms with Crippen LogP contribution in [0.25, 0.3) is 0 Å². The first-order valence-electron chi connectivity index (χ1n) is 8.11. The van der Waals surface area contributed by atoms with Crippen molar-refractivity contribution in [1.29, 1.82) is 0 Å². The lowest BCUT2D eigenvalue weighted by Crippen LogP contribution is -2.25. The van der Waals surface area contributed by atoms with Gasteiger partial charge in [0.25, 0.3) is 0 Å². The van der Waals surface area contributed by atoms with E-state index in [1.165, 1.54) is 63.6 Å². The third kappa shape index (κ3) is 2.45. The Labute approximate surface area is 115 Å². The smallest absolute Gasteiger partial charge is 0.0762 e. The zero-order chi connectivity index (χ0) is 12.7. The lowest BCUT2D eigenvalue weighted by molar-refractivity contribution is 0.400. The molecule has 0 saturated heterocycles. The highest BCUT2D eigenvalue weighted by molar-refractivity contribution is 5.06. The van der Waals surface area contributed by atoms with Crippen molar-refractivity contribution in [1.82, 2.24) is 15.1 Å². The van der Waals surface area contributed by atoms with Gasteiger partial charge in [-0.1, -0.05) is 12.8 Å². The van der Waals surface area contributed by atoms with E-state index in [-0.39, 0.29) is 0 Å². The highest BCUT2D eigenvalue weighted by Gasteiger charge is 2.53. The van der Waals surface area contributed by atoms with Crippen LogP contribution in [0.5, 0.6) is 0 Å². The molecule has 3 saturated carbocycles. The first-order valence-corrected chi connectivity index (χ1v) is 8.11. The predicted molar refractivity (Wildman–Crippen MR) is 75.8 cm³/mol. The van der Waals surface area contributed by atoms with Crippen molar-refractivity contribution < 1.29 is 0 Å².